The van der Waals surface area contributed by atoms with Gasteiger partial charge in [0, 0.05) is 5.56 Å². The second-order valence-corrected chi connectivity index (χ2v) is 6.85. The van der Waals surface area contributed by atoms with Crippen LogP contribution in [-0.2, 0) is 0 Å². The van der Waals surface area contributed by atoms with Crippen molar-refractivity contribution in [3.05, 3.63) is 43.5 Å². The van der Waals surface area contributed by atoms with Gasteiger partial charge in [0.05, 0.1) is 7.57 Å². The molecule has 0 spiro atoms. The smallest absolute Gasteiger partial charge is 0.0788 e. The molecule has 0 amide bonds. The number of hydrogen-bond donors (Lipinski definition) is 0. The van der Waals surface area contributed by atoms with Crippen molar-refractivity contribution in [2.45, 2.75) is 6.92 Å². The van der Waals surface area contributed by atoms with Gasteiger partial charge >= 0.3 is 0 Å². The van der Waals surface area contributed by atoms with Crippen LogP contribution in [0.15, 0.2) is 37.9 Å². The van der Waals surface area contributed by atoms with Gasteiger partial charge < -0.3 is 0 Å². The minimum atomic E-state index is 1.15. The molecule has 1 aromatic heterocycles. The Hall–Kier alpha value is -0.120. The molecular formula is C11H8Br2S. The molecule has 0 aliphatic carbocycles. The van der Waals surface area contributed by atoms with Crippen LogP contribution in [0.25, 0.3) is 11.1 Å². The zero-order valence-corrected chi connectivity index (χ0v) is 11.5. The Labute approximate surface area is 104 Å². The van der Waals surface area contributed by atoms with Crippen LogP contribution in [0.2, 0.25) is 0 Å². The SMILES string of the molecule is Cc1ccc(-c2cc(Br)sc2Br)cc1. The maximum Gasteiger partial charge on any atom is 0.0788 e. The molecule has 2 aromatic rings. The highest BCUT2D eigenvalue weighted by atomic mass is 79.9. The first kappa shape index (κ1) is 10.4. The van der Waals surface area contributed by atoms with Crippen LogP contribution < -0.4 is 0 Å². The highest BCUT2D eigenvalue weighted by molar-refractivity contribution is 9.12. The molecule has 0 unspecified atom stereocenters. The summed E-state index contributed by atoms with van der Waals surface area (Å²) in [6.07, 6.45) is 0. The van der Waals surface area contributed by atoms with Crippen LogP contribution in [0.4, 0.5) is 0 Å². The minimum absolute atomic E-state index is 1.15. The quantitative estimate of drug-likeness (QED) is 0.669. The second-order valence-electron chi connectivity index (χ2n) is 3.10. The number of thiophene rings is 1. The fourth-order valence-electron chi connectivity index (χ4n) is 1.27. The third kappa shape index (κ3) is 2.10. The number of aryl methyl sites for hydroxylation is 1. The van der Waals surface area contributed by atoms with Crippen LogP contribution in [0.1, 0.15) is 5.56 Å². The third-order valence-corrected chi connectivity index (χ3v) is 4.36. The molecule has 0 aliphatic rings. The average molecular weight is 332 g/mol. The van der Waals surface area contributed by atoms with Gasteiger partial charge in [0.2, 0.25) is 0 Å². The summed E-state index contributed by atoms with van der Waals surface area (Å²) in [6.45, 7) is 2.10. The van der Waals surface area contributed by atoms with Gasteiger partial charge in [-0.25, -0.2) is 0 Å². The van der Waals surface area contributed by atoms with Gasteiger partial charge in [-0.3, -0.25) is 0 Å². The van der Waals surface area contributed by atoms with Gasteiger partial charge in [0.25, 0.3) is 0 Å². The standard InChI is InChI=1S/C11H8Br2S/c1-7-2-4-8(5-3-7)9-6-10(12)14-11(9)13/h2-6H,1H3. The minimum Gasteiger partial charge on any atom is -0.121 e. The van der Waals surface area contributed by atoms with Gasteiger partial charge in [-0.1, -0.05) is 29.8 Å². The third-order valence-electron chi connectivity index (χ3n) is 2.02. The number of hydrogen-bond acceptors (Lipinski definition) is 1. The van der Waals surface area contributed by atoms with E-state index < -0.39 is 0 Å². The van der Waals surface area contributed by atoms with Gasteiger partial charge in [-0.2, -0.15) is 0 Å². The summed E-state index contributed by atoms with van der Waals surface area (Å²) >= 11 is 8.75. The topological polar surface area (TPSA) is 0 Å². The molecule has 0 nitrogen and oxygen atoms in total. The predicted molar refractivity (Wildman–Crippen MR) is 69.9 cm³/mol. The number of halogens is 2. The van der Waals surface area contributed by atoms with Crippen molar-refractivity contribution in [3.8, 4) is 11.1 Å². The van der Waals surface area contributed by atoms with Crippen LogP contribution >= 0.6 is 43.2 Å². The molecule has 72 valence electrons. The molecule has 0 radical (unpaired) electrons. The first-order chi connectivity index (χ1) is 6.66. The summed E-state index contributed by atoms with van der Waals surface area (Å²) < 4.78 is 2.33. The molecular weight excluding hydrogens is 324 g/mol. The van der Waals surface area contributed by atoms with E-state index in [-0.39, 0.29) is 0 Å². The predicted octanol–water partition coefficient (Wildman–Crippen LogP) is 5.25. The van der Waals surface area contributed by atoms with Crippen LogP contribution in [-0.4, -0.2) is 0 Å². The lowest BCUT2D eigenvalue weighted by Crippen LogP contribution is -1.75. The molecule has 0 saturated carbocycles. The molecule has 1 heterocycles. The molecule has 3 heteroatoms. The van der Waals surface area contributed by atoms with Crippen molar-refractivity contribution < 1.29 is 0 Å². The summed E-state index contributed by atoms with van der Waals surface area (Å²) in [6, 6.07) is 10.7. The highest BCUT2D eigenvalue weighted by Gasteiger charge is 2.06. The van der Waals surface area contributed by atoms with Crippen molar-refractivity contribution in [2.24, 2.45) is 0 Å². The molecule has 2 rings (SSSR count). The fraction of sp³-hybridized carbons (Fsp3) is 0.0909. The number of benzene rings is 1. The van der Waals surface area contributed by atoms with Crippen molar-refractivity contribution in [1.29, 1.82) is 0 Å². The molecule has 0 bridgehead atoms. The van der Waals surface area contributed by atoms with Gasteiger partial charge in [0.15, 0.2) is 0 Å². The van der Waals surface area contributed by atoms with E-state index in [4.69, 9.17) is 0 Å². The molecule has 0 atom stereocenters. The first-order valence-electron chi connectivity index (χ1n) is 4.18. The van der Waals surface area contributed by atoms with E-state index in [1.807, 2.05) is 0 Å². The maximum absolute atomic E-state index is 3.56. The second kappa shape index (κ2) is 4.17. The van der Waals surface area contributed by atoms with Crippen LogP contribution in [0.5, 0.6) is 0 Å². The van der Waals surface area contributed by atoms with Crippen molar-refractivity contribution >= 4 is 43.2 Å². The van der Waals surface area contributed by atoms with E-state index >= 15 is 0 Å². The van der Waals surface area contributed by atoms with E-state index in [9.17, 15) is 0 Å². The lowest BCUT2D eigenvalue weighted by atomic mass is 10.1. The maximum atomic E-state index is 3.56. The Morgan fingerprint density at radius 3 is 2.21 bits per heavy atom. The normalized spacial score (nSPS) is 10.5. The van der Waals surface area contributed by atoms with Crippen molar-refractivity contribution in [2.75, 3.05) is 0 Å². The first-order valence-corrected chi connectivity index (χ1v) is 6.59. The zero-order valence-electron chi connectivity index (χ0n) is 7.55. The zero-order chi connectivity index (χ0) is 10.1. The van der Waals surface area contributed by atoms with Gasteiger partial charge in [-0.05, 0) is 50.4 Å². The molecule has 0 fully saturated rings. The molecule has 0 saturated heterocycles. The summed E-state index contributed by atoms with van der Waals surface area (Å²) in [5.41, 5.74) is 3.80. The van der Waals surface area contributed by atoms with E-state index in [2.05, 4.69) is 69.1 Å². The van der Waals surface area contributed by atoms with Gasteiger partial charge in [0.1, 0.15) is 0 Å². The monoisotopic (exact) mass is 330 g/mol. The Morgan fingerprint density at radius 1 is 1.07 bits per heavy atom. The lowest BCUT2D eigenvalue weighted by Gasteiger charge is -1.99. The van der Waals surface area contributed by atoms with E-state index in [1.165, 1.54) is 20.5 Å². The fourth-order valence-corrected chi connectivity index (χ4v) is 4.14. The average Bonchev–Trinajstić information content (AvgIpc) is 2.47. The molecule has 14 heavy (non-hydrogen) atoms. The van der Waals surface area contributed by atoms with Crippen molar-refractivity contribution in [1.82, 2.24) is 0 Å². The van der Waals surface area contributed by atoms with E-state index in [0.717, 1.165) is 3.79 Å². The molecule has 0 aliphatic heterocycles. The summed E-state index contributed by atoms with van der Waals surface area (Å²) in [5.74, 6) is 0. The highest BCUT2D eigenvalue weighted by Crippen LogP contribution is 2.38. The summed E-state index contributed by atoms with van der Waals surface area (Å²) in [4.78, 5) is 0. The largest absolute Gasteiger partial charge is 0.121 e. The van der Waals surface area contributed by atoms with Crippen LogP contribution in [0, 0.1) is 6.92 Å². The lowest BCUT2D eigenvalue weighted by molar-refractivity contribution is 1.47. The molecule has 1 aromatic carbocycles. The molecule has 0 N–H and O–H groups in total. The Balaban J connectivity index is 2.49. The number of rotatable bonds is 1. The Bertz CT molecular complexity index is 443. The van der Waals surface area contributed by atoms with E-state index in [1.54, 1.807) is 11.3 Å². The Morgan fingerprint density at radius 2 is 1.71 bits per heavy atom. The summed E-state index contributed by atoms with van der Waals surface area (Å²) in [5, 5.41) is 0. The Kier molecular flexibility index (Phi) is 3.10. The van der Waals surface area contributed by atoms with E-state index in [0.29, 0.717) is 0 Å². The van der Waals surface area contributed by atoms with Gasteiger partial charge in [-0.15, -0.1) is 11.3 Å². The van der Waals surface area contributed by atoms with Crippen molar-refractivity contribution in [3.63, 3.8) is 0 Å². The van der Waals surface area contributed by atoms with Crippen LogP contribution in [0.3, 0.4) is 0 Å². The summed E-state index contributed by atoms with van der Waals surface area (Å²) in [7, 11) is 0.